The Morgan fingerprint density at radius 2 is 1.81 bits per heavy atom. The maximum atomic E-state index is 13.2. The van der Waals surface area contributed by atoms with Gasteiger partial charge in [-0.2, -0.15) is 0 Å². The third-order valence-corrected chi connectivity index (χ3v) is 6.50. The fourth-order valence-electron chi connectivity index (χ4n) is 4.56. The number of carbonyl (C=O) groups excluding carboxylic acids is 1. The molecule has 11 heteroatoms. The Hall–Kier alpha value is -4.61. The van der Waals surface area contributed by atoms with Gasteiger partial charge in [-0.25, -0.2) is 4.79 Å². The van der Waals surface area contributed by atoms with Crippen LogP contribution in [-0.2, 0) is 22.6 Å². The first-order valence-electron chi connectivity index (χ1n) is 13.8. The number of nitrogens with two attached hydrogens (primary N) is 1. The molecular weight excluding hydrogens is 538 g/mol. The molecule has 0 aliphatic carbocycles. The van der Waals surface area contributed by atoms with E-state index in [-0.39, 0.29) is 24.4 Å². The van der Waals surface area contributed by atoms with E-state index in [0.717, 1.165) is 18.7 Å². The predicted octanol–water partition coefficient (Wildman–Crippen LogP) is 3.92. The number of carboxylic acid groups (broad SMARTS) is 1. The van der Waals surface area contributed by atoms with E-state index in [1.165, 1.54) is 0 Å². The van der Waals surface area contributed by atoms with Crippen LogP contribution in [0.4, 0.5) is 11.4 Å². The quantitative estimate of drug-likeness (QED) is 0.150. The fourth-order valence-corrected chi connectivity index (χ4v) is 4.56. The normalized spacial score (nSPS) is 13.4. The van der Waals surface area contributed by atoms with E-state index < -0.39 is 12.6 Å². The van der Waals surface area contributed by atoms with Crippen molar-refractivity contribution >= 4 is 29.1 Å². The molecule has 42 heavy (non-hydrogen) atoms. The number of nitrogens with zero attached hydrogens (tertiary/aromatic N) is 1. The number of amides is 1. The zero-order valence-corrected chi connectivity index (χ0v) is 23.8. The molecule has 6 N–H and O–H groups in total. The van der Waals surface area contributed by atoms with Gasteiger partial charge in [0.15, 0.2) is 18.1 Å². The molecule has 1 amide bonds. The number of carboxylic acids is 1. The first-order chi connectivity index (χ1) is 20.2. The highest BCUT2D eigenvalue weighted by molar-refractivity contribution is 6.08. The average Bonchev–Trinajstić information content (AvgIpc) is 2.96. The molecule has 1 fully saturated rings. The van der Waals surface area contributed by atoms with Gasteiger partial charge in [0.2, 0.25) is 0 Å². The summed E-state index contributed by atoms with van der Waals surface area (Å²) >= 11 is 0. The first-order valence-corrected chi connectivity index (χ1v) is 13.8. The van der Waals surface area contributed by atoms with Crippen molar-refractivity contribution in [1.82, 2.24) is 4.90 Å². The van der Waals surface area contributed by atoms with E-state index in [2.05, 4.69) is 15.5 Å². The van der Waals surface area contributed by atoms with Crippen LogP contribution < -0.4 is 25.8 Å². The number of ether oxygens (including phenoxy) is 3. The highest BCUT2D eigenvalue weighted by atomic mass is 16.5. The fraction of sp³-hybridized carbons (Fsp3) is 0.323. The number of hydrogen-bond acceptors (Lipinski definition) is 8. The minimum Gasteiger partial charge on any atom is -0.487 e. The van der Waals surface area contributed by atoms with Crippen LogP contribution in [0.25, 0.3) is 0 Å². The monoisotopic (exact) mass is 575 g/mol. The molecule has 0 radical (unpaired) electrons. The third kappa shape index (κ3) is 8.45. The molecular formula is C31H37N5O6. The van der Waals surface area contributed by atoms with E-state index in [4.69, 9.17) is 25.4 Å². The summed E-state index contributed by atoms with van der Waals surface area (Å²) < 4.78 is 17.3. The largest absolute Gasteiger partial charge is 0.487 e. The van der Waals surface area contributed by atoms with E-state index in [0.29, 0.717) is 59.3 Å². The van der Waals surface area contributed by atoms with Crippen molar-refractivity contribution in [1.29, 1.82) is 5.41 Å². The van der Waals surface area contributed by atoms with Crippen LogP contribution in [0.1, 0.15) is 40.9 Å². The molecule has 11 nitrogen and oxygen atoms in total. The van der Waals surface area contributed by atoms with Gasteiger partial charge in [-0.3, -0.25) is 15.1 Å². The smallest absolute Gasteiger partial charge is 0.341 e. The molecule has 1 aliphatic rings. The van der Waals surface area contributed by atoms with Crippen molar-refractivity contribution in [3.8, 4) is 11.5 Å². The number of anilines is 2. The van der Waals surface area contributed by atoms with Crippen LogP contribution in [0.3, 0.4) is 0 Å². The summed E-state index contributed by atoms with van der Waals surface area (Å²) in [7, 11) is 0. The van der Waals surface area contributed by atoms with E-state index >= 15 is 0 Å². The number of aliphatic carboxylic acids is 1. The molecule has 0 unspecified atom stereocenters. The van der Waals surface area contributed by atoms with Gasteiger partial charge < -0.3 is 35.7 Å². The van der Waals surface area contributed by atoms with Crippen LogP contribution in [0.2, 0.25) is 0 Å². The Morgan fingerprint density at radius 3 is 2.48 bits per heavy atom. The molecule has 4 rings (SSSR count). The highest BCUT2D eigenvalue weighted by Crippen LogP contribution is 2.35. The number of para-hydroxylation sites is 1. The van der Waals surface area contributed by atoms with E-state index in [9.17, 15) is 14.7 Å². The summed E-state index contributed by atoms with van der Waals surface area (Å²) in [6, 6.07) is 17.7. The second kappa shape index (κ2) is 14.3. The predicted molar refractivity (Wildman–Crippen MR) is 161 cm³/mol. The molecule has 0 bridgehead atoms. The van der Waals surface area contributed by atoms with Crippen molar-refractivity contribution in [3.05, 3.63) is 82.9 Å². The molecule has 1 aliphatic heterocycles. The Balaban J connectivity index is 1.59. The van der Waals surface area contributed by atoms with Gasteiger partial charge >= 0.3 is 5.97 Å². The summed E-state index contributed by atoms with van der Waals surface area (Å²) in [6.45, 7) is 7.16. The van der Waals surface area contributed by atoms with Gasteiger partial charge in [-0.05, 0) is 67.9 Å². The molecule has 3 aromatic rings. The minimum atomic E-state index is -1.10. The van der Waals surface area contributed by atoms with Gasteiger partial charge in [0.1, 0.15) is 5.84 Å². The van der Waals surface area contributed by atoms with Crippen LogP contribution in [0.15, 0.2) is 60.7 Å². The number of carbonyl (C=O) groups is 2. The zero-order chi connectivity index (χ0) is 30.1. The lowest BCUT2D eigenvalue weighted by atomic mass is 10.1. The first kappa shape index (κ1) is 30.4. The Morgan fingerprint density at radius 1 is 1.10 bits per heavy atom. The number of amidine groups is 1. The number of nitrogen functional groups attached to an aromatic ring is 1. The number of rotatable bonds is 13. The second-order valence-corrected chi connectivity index (χ2v) is 10.2. The lowest BCUT2D eigenvalue weighted by Gasteiger charge is -2.27. The summed E-state index contributed by atoms with van der Waals surface area (Å²) in [4.78, 5) is 26.9. The maximum Gasteiger partial charge on any atom is 0.341 e. The number of hydrogen-bond donors (Lipinski definition) is 5. The van der Waals surface area contributed by atoms with Crippen molar-refractivity contribution in [3.63, 3.8) is 0 Å². The molecule has 0 saturated carbocycles. The molecule has 1 heterocycles. The SMILES string of the molecule is CC(C)Oc1cc(CN2CCOCC2)cc(CNc2ccccc2C(=O)Nc2ccc(C(=N)N)cc2)c1OCC(=O)O. The lowest BCUT2D eigenvalue weighted by molar-refractivity contribution is -0.139. The minimum absolute atomic E-state index is 0.0508. The standard InChI is InChI=1S/C31H37N5O6/c1-20(2)42-27-16-21(18-36-11-13-40-14-12-36)15-23(29(27)41-19-28(37)38)17-34-26-6-4-3-5-25(26)31(39)35-24-9-7-22(8-10-24)30(32)33/h3-10,15-16,20,34H,11-14,17-19H2,1-2H3,(H3,32,33)(H,35,39)(H,37,38). The third-order valence-electron chi connectivity index (χ3n) is 6.50. The van der Waals surface area contributed by atoms with E-state index in [1.54, 1.807) is 42.5 Å². The number of nitrogens with one attached hydrogen (secondary N) is 3. The van der Waals surface area contributed by atoms with Crippen molar-refractivity contribution < 1.29 is 28.9 Å². The van der Waals surface area contributed by atoms with Crippen LogP contribution in [0.5, 0.6) is 11.5 Å². The second-order valence-electron chi connectivity index (χ2n) is 10.2. The van der Waals surface area contributed by atoms with Crippen LogP contribution >= 0.6 is 0 Å². The maximum absolute atomic E-state index is 13.2. The summed E-state index contributed by atoms with van der Waals surface area (Å²) in [5, 5.41) is 23.1. The Labute approximate surface area is 245 Å². The summed E-state index contributed by atoms with van der Waals surface area (Å²) in [5.74, 6) is -0.656. The molecule has 1 saturated heterocycles. The molecule has 222 valence electrons. The highest BCUT2D eigenvalue weighted by Gasteiger charge is 2.20. The topological polar surface area (TPSA) is 159 Å². The molecule has 0 aromatic heterocycles. The summed E-state index contributed by atoms with van der Waals surface area (Å²) in [6.07, 6.45) is -0.162. The van der Waals surface area contributed by atoms with Crippen LogP contribution in [-0.4, -0.2) is 66.7 Å². The van der Waals surface area contributed by atoms with Crippen LogP contribution in [0, 0.1) is 5.41 Å². The number of benzene rings is 3. The van der Waals surface area contributed by atoms with Crippen molar-refractivity contribution in [2.45, 2.75) is 33.0 Å². The number of morpholine rings is 1. The zero-order valence-electron chi connectivity index (χ0n) is 23.8. The molecule has 3 aromatic carbocycles. The molecule has 0 spiro atoms. The van der Waals surface area contributed by atoms with E-state index in [1.807, 2.05) is 32.0 Å². The Bertz CT molecular complexity index is 1400. The van der Waals surface area contributed by atoms with Crippen molar-refractivity contribution in [2.75, 3.05) is 43.5 Å². The molecule has 0 atom stereocenters. The Kier molecular flexibility index (Phi) is 10.4. The van der Waals surface area contributed by atoms with Gasteiger partial charge in [0.05, 0.1) is 24.9 Å². The lowest BCUT2D eigenvalue weighted by Crippen LogP contribution is -2.35. The average molecular weight is 576 g/mol. The van der Waals surface area contributed by atoms with Gasteiger partial charge in [0.25, 0.3) is 5.91 Å². The summed E-state index contributed by atoms with van der Waals surface area (Å²) in [5.41, 5.74) is 9.36. The van der Waals surface area contributed by atoms with Gasteiger partial charge in [0, 0.05) is 48.7 Å². The van der Waals surface area contributed by atoms with Gasteiger partial charge in [-0.1, -0.05) is 12.1 Å². The van der Waals surface area contributed by atoms with Crippen molar-refractivity contribution in [2.24, 2.45) is 5.73 Å². The van der Waals surface area contributed by atoms with Gasteiger partial charge in [-0.15, -0.1) is 0 Å².